The minimum atomic E-state index is -1.30. The molecule has 2 aliphatic rings. The lowest BCUT2D eigenvalue weighted by atomic mass is 9.89. The first-order chi connectivity index (χ1) is 10.0. The molecule has 1 amide bonds. The van der Waals surface area contributed by atoms with Gasteiger partial charge in [-0.15, -0.1) is 0 Å². The lowest BCUT2D eigenvalue weighted by molar-refractivity contribution is -0.117. The molecule has 2 fully saturated rings. The number of amides is 1. The van der Waals surface area contributed by atoms with Crippen LogP contribution in [0.2, 0.25) is 0 Å². The van der Waals surface area contributed by atoms with Crippen molar-refractivity contribution in [1.29, 1.82) is 0 Å². The van der Waals surface area contributed by atoms with Crippen LogP contribution < -0.4 is 10.6 Å². The van der Waals surface area contributed by atoms with Gasteiger partial charge in [-0.05, 0) is 31.6 Å². The van der Waals surface area contributed by atoms with Crippen molar-refractivity contribution >= 4 is 11.6 Å². The number of piperidine rings is 1. The van der Waals surface area contributed by atoms with Gasteiger partial charge in [0.1, 0.15) is 5.82 Å². The molecule has 0 aromatic heterocycles. The number of hydrogen-bond acceptors (Lipinski definition) is 2. The van der Waals surface area contributed by atoms with Crippen LogP contribution in [-0.2, 0) is 4.79 Å². The molecule has 0 saturated carbocycles. The molecule has 2 heterocycles. The molecule has 0 spiro atoms. The molecule has 3 rings (SSSR count). The monoisotopic (exact) mass is 298 g/mol. The number of hydrogen-bond donors (Lipinski definition) is 2. The van der Waals surface area contributed by atoms with E-state index in [1.54, 1.807) is 0 Å². The van der Waals surface area contributed by atoms with Crippen LogP contribution in [0.25, 0.3) is 0 Å². The van der Waals surface area contributed by atoms with Gasteiger partial charge in [0.2, 0.25) is 5.91 Å². The van der Waals surface area contributed by atoms with Gasteiger partial charge in [-0.3, -0.25) is 4.79 Å². The lowest BCUT2D eigenvalue weighted by Gasteiger charge is -2.28. The minimum absolute atomic E-state index is 0.241. The van der Waals surface area contributed by atoms with Crippen molar-refractivity contribution in [2.75, 3.05) is 5.32 Å². The zero-order chi connectivity index (χ0) is 15.0. The Kier molecular flexibility index (Phi) is 3.89. The summed E-state index contributed by atoms with van der Waals surface area (Å²) in [6.45, 7) is 0. The summed E-state index contributed by atoms with van der Waals surface area (Å²) in [5.74, 6) is -3.60. The topological polar surface area (TPSA) is 41.1 Å². The van der Waals surface area contributed by atoms with Crippen molar-refractivity contribution in [3.63, 3.8) is 0 Å². The predicted octanol–water partition coefficient (Wildman–Crippen LogP) is 2.96. The van der Waals surface area contributed by atoms with Crippen molar-refractivity contribution < 1.29 is 18.0 Å². The summed E-state index contributed by atoms with van der Waals surface area (Å²) in [5, 5.41) is 5.75. The highest BCUT2D eigenvalue weighted by Crippen LogP contribution is 2.33. The van der Waals surface area contributed by atoms with Crippen LogP contribution in [0.3, 0.4) is 0 Å². The summed E-state index contributed by atoms with van der Waals surface area (Å²) in [4.78, 5) is 11.9. The summed E-state index contributed by atoms with van der Waals surface area (Å²) in [5.41, 5.74) is -0.436. The maximum atomic E-state index is 13.5. The third kappa shape index (κ3) is 3.20. The highest BCUT2D eigenvalue weighted by atomic mass is 19.2. The predicted molar refractivity (Wildman–Crippen MR) is 72.2 cm³/mol. The second kappa shape index (κ2) is 5.67. The Balaban J connectivity index is 1.62. The van der Waals surface area contributed by atoms with Crippen molar-refractivity contribution in [1.82, 2.24) is 5.32 Å². The molecule has 2 atom stereocenters. The highest BCUT2D eigenvalue weighted by molar-refractivity contribution is 5.91. The molecule has 2 saturated heterocycles. The Labute approximate surface area is 120 Å². The molecular formula is C15H17F3N2O. The van der Waals surface area contributed by atoms with E-state index in [2.05, 4.69) is 10.6 Å². The van der Waals surface area contributed by atoms with E-state index in [0.29, 0.717) is 18.2 Å². The Morgan fingerprint density at radius 3 is 2.52 bits per heavy atom. The highest BCUT2D eigenvalue weighted by Gasteiger charge is 2.34. The minimum Gasteiger partial charge on any atom is -0.323 e. The smallest absolute Gasteiger partial charge is 0.224 e. The van der Waals surface area contributed by atoms with Gasteiger partial charge in [0, 0.05) is 30.6 Å². The van der Waals surface area contributed by atoms with Gasteiger partial charge in [-0.1, -0.05) is 0 Å². The van der Waals surface area contributed by atoms with Crippen LogP contribution in [0.5, 0.6) is 0 Å². The van der Waals surface area contributed by atoms with Gasteiger partial charge in [-0.2, -0.15) is 0 Å². The van der Waals surface area contributed by atoms with Crippen LogP contribution in [0.1, 0.15) is 32.1 Å². The zero-order valence-corrected chi connectivity index (χ0v) is 11.5. The van der Waals surface area contributed by atoms with Crippen LogP contribution in [-0.4, -0.2) is 18.0 Å². The number of fused-ring (bicyclic) bond motifs is 2. The van der Waals surface area contributed by atoms with Gasteiger partial charge in [0.05, 0.1) is 5.69 Å². The molecule has 114 valence electrons. The molecule has 1 aromatic rings. The molecule has 21 heavy (non-hydrogen) atoms. The molecule has 2 aliphatic heterocycles. The second-order valence-electron chi connectivity index (χ2n) is 5.98. The van der Waals surface area contributed by atoms with Gasteiger partial charge in [0.25, 0.3) is 0 Å². The number of rotatable bonds is 3. The standard InChI is InChI=1S/C15H17F3N2O/c16-9-6-12(17)15(18)13(7-9)20-14(21)5-8-3-10-1-2-11(4-8)19-10/h6-8,10-11,19H,1-5H2,(H,20,21). The second-order valence-corrected chi connectivity index (χ2v) is 5.98. The molecule has 2 unspecified atom stereocenters. The van der Waals surface area contributed by atoms with Crippen LogP contribution in [0.4, 0.5) is 18.9 Å². The van der Waals surface area contributed by atoms with E-state index in [1.807, 2.05) is 0 Å². The molecule has 2 bridgehead atoms. The van der Waals surface area contributed by atoms with Crippen LogP contribution >= 0.6 is 0 Å². The SMILES string of the molecule is O=C(CC1CC2CCC(C1)N2)Nc1cc(F)cc(F)c1F. The summed E-state index contributed by atoms with van der Waals surface area (Å²) in [6, 6.07) is 2.17. The van der Waals surface area contributed by atoms with Gasteiger partial charge in [-0.25, -0.2) is 13.2 Å². The first-order valence-corrected chi connectivity index (χ1v) is 7.21. The Hall–Kier alpha value is -1.56. The van der Waals surface area contributed by atoms with E-state index in [-0.39, 0.29) is 12.3 Å². The normalized spacial score (nSPS) is 27.7. The van der Waals surface area contributed by atoms with Gasteiger partial charge in [0.15, 0.2) is 11.6 Å². The van der Waals surface area contributed by atoms with Crippen molar-refractivity contribution in [3.05, 3.63) is 29.6 Å². The number of halogens is 3. The summed E-state index contributed by atoms with van der Waals surface area (Å²) in [6.07, 6.45) is 4.36. The summed E-state index contributed by atoms with van der Waals surface area (Å²) in [7, 11) is 0. The third-order valence-electron chi connectivity index (χ3n) is 4.31. The molecule has 1 aromatic carbocycles. The molecule has 3 nitrogen and oxygen atoms in total. The molecule has 2 N–H and O–H groups in total. The third-order valence-corrected chi connectivity index (χ3v) is 4.31. The van der Waals surface area contributed by atoms with E-state index >= 15 is 0 Å². The average Bonchev–Trinajstić information content (AvgIpc) is 2.74. The number of carbonyl (C=O) groups excluding carboxylic acids is 1. The van der Waals surface area contributed by atoms with Crippen molar-refractivity contribution in [2.24, 2.45) is 5.92 Å². The Morgan fingerprint density at radius 2 is 1.86 bits per heavy atom. The maximum absolute atomic E-state index is 13.5. The lowest BCUT2D eigenvalue weighted by Crippen LogP contribution is -2.39. The summed E-state index contributed by atoms with van der Waals surface area (Å²) >= 11 is 0. The van der Waals surface area contributed by atoms with Gasteiger partial charge >= 0.3 is 0 Å². The first kappa shape index (κ1) is 14.4. The number of anilines is 1. The van der Waals surface area contributed by atoms with E-state index in [4.69, 9.17) is 0 Å². The number of nitrogens with one attached hydrogen (secondary N) is 2. The Morgan fingerprint density at radius 1 is 1.19 bits per heavy atom. The molecular weight excluding hydrogens is 281 g/mol. The largest absolute Gasteiger partial charge is 0.323 e. The molecule has 6 heteroatoms. The summed E-state index contributed by atoms with van der Waals surface area (Å²) < 4.78 is 39.6. The fourth-order valence-electron chi connectivity index (χ4n) is 3.45. The molecule has 0 radical (unpaired) electrons. The fourth-order valence-corrected chi connectivity index (χ4v) is 3.45. The van der Waals surface area contributed by atoms with E-state index in [1.165, 1.54) is 0 Å². The molecule has 0 aliphatic carbocycles. The quantitative estimate of drug-likeness (QED) is 0.842. The van der Waals surface area contributed by atoms with Crippen LogP contribution in [0.15, 0.2) is 12.1 Å². The van der Waals surface area contributed by atoms with Crippen molar-refractivity contribution in [2.45, 2.75) is 44.2 Å². The Bertz CT molecular complexity index is 552. The van der Waals surface area contributed by atoms with Crippen LogP contribution in [0, 0.1) is 23.4 Å². The van der Waals surface area contributed by atoms with Crippen molar-refractivity contribution in [3.8, 4) is 0 Å². The van der Waals surface area contributed by atoms with Gasteiger partial charge < -0.3 is 10.6 Å². The van der Waals surface area contributed by atoms with E-state index in [9.17, 15) is 18.0 Å². The number of benzene rings is 1. The fraction of sp³-hybridized carbons (Fsp3) is 0.533. The van der Waals surface area contributed by atoms with E-state index in [0.717, 1.165) is 31.7 Å². The van der Waals surface area contributed by atoms with E-state index < -0.39 is 29.0 Å². The number of carbonyl (C=O) groups is 1. The first-order valence-electron chi connectivity index (χ1n) is 7.21. The zero-order valence-electron chi connectivity index (χ0n) is 11.5. The maximum Gasteiger partial charge on any atom is 0.224 e. The average molecular weight is 298 g/mol.